The zero-order valence-corrected chi connectivity index (χ0v) is 10.9. The van der Waals surface area contributed by atoms with E-state index in [0.717, 1.165) is 17.9 Å². The van der Waals surface area contributed by atoms with Crippen molar-refractivity contribution in [2.75, 3.05) is 12.3 Å². The number of nitrogens with two attached hydrogens (primary N) is 1. The molecule has 0 atom stereocenters. The molecule has 100 valence electrons. The van der Waals surface area contributed by atoms with Gasteiger partial charge in [0.1, 0.15) is 0 Å². The number of anilines is 1. The topological polar surface area (TPSA) is 104 Å². The molecule has 0 unspecified atom stereocenters. The van der Waals surface area contributed by atoms with Crippen LogP contribution in [0, 0.1) is 0 Å². The summed E-state index contributed by atoms with van der Waals surface area (Å²) in [4.78, 5) is 20.7. The molecular formula is C11H13ClN6O. The normalized spacial score (nSPS) is 15.4. The Bertz CT molecular complexity index is 663. The van der Waals surface area contributed by atoms with Crippen LogP contribution in [-0.4, -0.2) is 31.6 Å². The lowest BCUT2D eigenvalue weighted by molar-refractivity contribution is 0.239. The van der Waals surface area contributed by atoms with Gasteiger partial charge in [-0.25, -0.2) is 4.98 Å². The van der Waals surface area contributed by atoms with Gasteiger partial charge in [0, 0.05) is 26.1 Å². The summed E-state index contributed by atoms with van der Waals surface area (Å²) in [7, 11) is 0. The molecule has 2 aromatic rings. The van der Waals surface area contributed by atoms with Gasteiger partial charge >= 0.3 is 0 Å². The van der Waals surface area contributed by atoms with Gasteiger partial charge in [-0.05, 0) is 0 Å². The van der Waals surface area contributed by atoms with Crippen molar-refractivity contribution in [3.05, 3.63) is 38.5 Å². The Labute approximate surface area is 113 Å². The van der Waals surface area contributed by atoms with Crippen molar-refractivity contribution in [3.63, 3.8) is 0 Å². The SMILES string of the molecule is Nc1nc2c(c(=O)[nH]1)CN(Cc1[nH]ncc1Cl)CC2. The molecule has 19 heavy (non-hydrogen) atoms. The highest BCUT2D eigenvalue weighted by Crippen LogP contribution is 2.19. The Morgan fingerprint density at radius 2 is 2.37 bits per heavy atom. The van der Waals surface area contributed by atoms with Gasteiger partial charge in [-0.2, -0.15) is 5.10 Å². The van der Waals surface area contributed by atoms with Gasteiger partial charge in [-0.3, -0.25) is 19.8 Å². The van der Waals surface area contributed by atoms with E-state index in [9.17, 15) is 4.79 Å². The first kappa shape index (κ1) is 12.2. The first-order valence-electron chi connectivity index (χ1n) is 5.91. The van der Waals surface area contributed by atoms with Crippen molar-refractivity contribution in [1.29, 1.82) is 0 Å². The summed E-state index contributed by atoms with van der Waals surface area (Å²) in [5.41, 5.74) is 7.69. The molecule has 0 saturated carbocycles. The van der Waals surface area contributed by atoms with E-state index >= 15 is 0 Å². The summed E-state index contributed by atoms with van der Waals surface area (Å²) in [6.45, 7) is 1.97. The Hall–Kier alpha value is -1.86. The maximum Gasteiger partial charge on any atom is 0.257 e. The number of H-pyrrole nitrogens is 2. The molecule has 0 saturated heterocycles. The highest BCUT2D eigenvalue weighted by atomic mass is 35.5. The maximum atomic E-state index is 11.9. The predicted molar refractivity (Wildman–Crippen MR) is 70.7 cm³/mol. The second-order valence-electron chi connectivity index (χ2n) is 4.53. The number of hydrogen-bond acceptors (Lipinski definition) is 5. The number of aromatic amines is 2. The van der Waals surface area contributed by atoms with Crippen LogP contribution >= 0.6 is 11.6 Å². The second kappa shape index (κ2) is 4.67. The molecule has 3 rings (SSSR count). The number of rotatable bonds is 2. The van der Waals surface area contributed by atoms with Crippen LogP contribution in [0.25, 0.3) is 0 Å². The lowest BCUT2D eigenvalue weighted by Crippen LogP contribution is -2.35. The van der Waals surface area contributed by atoms with Gasteiger partial charge in [0.15, 0.2) is 0 Å². The molecule has 0 radical (unpaired) electrons. The van der Waals surface area contributed by atoms with Crippen LogP contribution < -0.4 is 11.3 Å². The van der Waals surface area contributed by atoms with Crippen LogP contribution in [0.2, 0.25) is 5.02 Å². The molecule has 8 heteroatoms. The van der Waals surface area contributed by atoms with Crippen molar-refractivity contribution in [2.45, 2.75) is 19.5 Å². The van der Waals surface area contributed by atoms with Crippen molar-refractivity contribution in [2.24, 2.45) is 0 Å². The summed E-state index contributed by atoms with van der Waals surface area (Å²) in [6, 6.07) is 0. The highest BCUT2D eigenvalue weighted by Gasteiger charge is 2.21. The quantitative estimate of drug-likeness (QED) is 0.733. The first-order chi connectivity index (χ1) is 9.13. The standard InChI is InChI=1S/C11H13ClN6O/c12-7-3-14-17-9(7)5-18-2-1-8-6(4-18)10(19)16-11(13)15-8/h3H,1-2,4-5H2,(H,14,17)(H3,13,15,16,19). The lowest BCUT2D eigenvalue weighted by atomic mass is 10.1. The number of aromatic nitrogens is 4. The van der Waals surface area contributed by atoms with E-state index in [0.29, 0.717) is 30.1 Å². The van der Waals surface area contributed by atoms with E-state index in [1.165, 1.54) is 0 Å². The van der Waals surface area contributed by atoms with Gasteiger partial charge in [-0.15, -0.1) is 0 Å². The van der Waals surface area contributed by atoms with Crippen molar-refractivity contribution < 1.29 is 0 Å². The molecule has 3 heterocycles. The van der Waals surface area contributed by atoms with Crippen LogP contribution in [0.4, 0.5) is 5.95 Å². The molecule has 7 nitrogen and oxygen atoms in total. The zero-order chi connectivity index (χ0) is 13.4. The monoisotopic (exact) mass is 280 g/mol. The summed E-state index contributed by atoms with van der Waals surface area (Å²) >= 11 is 5.99. The van der Waals surface area contributed by atoms with Crippen LogP contribution in [0.15, 0.2) is 11.0 Å². The fourth-order valence-corrected chi connectivity index (χ4v) is 2.42. The first-order valence-corrected chi connectivity index (χ1v) is 6.29. The number of fused-ring (bicyclic) bond motifs is 1. The Balaban J connectivity index is 1.83. The second-order valence-corrected chi connectivity index (χ2v) is 4.94. The Morgan fingerprint density at radius 1 is 1.53 bits per heavy atom. The number of nitrogens with one attached hydrogen (secondary N) is 2. The third-order valence-corrected chi connectivity index (χ3v) is 3.54. The summed E-state index contributed by atoms with van der Waals surface area (Å²) < 4.78 is 0. The van der Waals surface area contributed by atoms with Crippen LogP contribution in [0.3, 0.4) is 0 Å². The minimum Gasteiger partial charge on any atom is -0.369 e. The Kier molecular flexibility index (Phi) is 3.00. The molecule has 0 amide bonds. The van der Waals surface area contributed by atoms with E-state index in [-0.39, 0.29) is 11.5 Å². The van der Waals surface area contributed by atoms with E-state index in [1.54, 1.807) is 6.20 Å². The molecule has 1 aliphatic heterocycles. The molecular weight excluding hydrogens is 268 g/mol. The average Bonchev–Trinajstić information content (AvgIpc) is 2.76. The molecule has 2 aromatic heterocycles. The van der Waals surface area contributed by atoms with Gasteiger partial charge in [0.2, 0.25) is 5.95 Å². The maximum absolute atomic E-state index is 11.9. The minimum atomic E-state index is -0.164. The molecule has 0 bridgehead atoms. The van der Waals surface area contributed by atoms with Crippen molar-refractivity contribution >= 4 is 17.5 Å². The summed E-state index contributed by atoms with van der Waals surface area (Å²) in [5, 5.41) is 7.34. The number of nitrogens with zero attached hydrogens (tertiary/aromatic N) is 3. The predicted octanol–water partition coefficient (Wildman–Crippen LogP) is 0.287. The summed E-state index contributed by atoms with van der Waals surface area (Å²) in [5.74, 6) is 0.175. The van der Waals surface area contributed by atoms with E-state index in [1.807, 2.05) is 0 Å². The molecule has 0 spiro atoms. The number of halogens is 1. The smallest absolute Gasteiger partial charge is 0.257 e. The van der Waals surface area contributed by atoms with Crippen molar-refractivity contribution in [3.8, 4) is 0 Å². The minimum absolute atomic E-state index is 0.164. The van der Waals surface area contributed by atoms with Crippen LogP contribution in [0.5, 0.6) is 0 Å². The molecule has 0 aromatic carbocycles. The van der Waals surface area contributed by atoms with Crippen molar-refractivity contribution in [1.82, 2.24) is 25.1 Å². The third kappa shape index (κ3) is 2.34. The summed E-state index contributed by atoms with van der Waals surface area (Å²) in [6.07, 6.45) is 2.28. The molecule has 0 fully saturated rings. The van der Waals surface area contributed by atoms with Gasteiger partial charge in [-0.1, -0.05) is 11.6 Å². The van der Waals surface area contributed by atoms with Crippen LogP contribution in [0.1, 0.15) is 17.0 Å². The van der Waals surface area contributed by atoms with Gasteiger partial charge < -0.3 is 5.73 Å². The fourth-order valence-electron chi connectivity index (χ4n) is 2.27. The van der Waals surface area contributed by atoms with Crippen LogP contribution in [-0.2, 0) is 19.5 Å². The number of nitrogen functional groups attached to an aromatic ring is 1. The largest absolute Gasteiger partial charge is 0.369 e. The molecule has 0 aliphatic carbocycles. The Morgan fingerprint density at radius 3 is 3.11 bits per heavy atom. The average molecular weight is 281 g/mol. The zero-order valence-electron chi connectivity index (χ0n) is 10.1. The third-order valence-electron chi connectivity index (χ3n) is 3.21. The fraction of sp³-hybridized carbons (Fsp3) is 0.364. The lowest BCUT2D eigenvalue weighted by Gasteiger charge is -2.26. The van der Waals surface area contributed by atoms with Gasteiger partial charge in [0.05, 0.1) is 28.2 Å². The molecule has 4 N–H and O–H groups in total. The highest BCUT2D eigenvalue weighted by molar-refractivity contribution is 6.31. The van der Waals surface area contributed by atoms with Gasteiger partial charge in [0.25, 0.3) is 5.56 Å². The van der Waals surface area contributed by atoms with E-state index in [2.05, 4.69) is 25.1 Å². The van der Waals surface area contributed by atoms with E-state index in [4.69, 9.17) is 17.3 Å². The number of hydrogen-bond donors (Lipinski definition) is 3. The molecule has 1 aliphatic rings. The van der Waals surface area contributed by atoms with E-state index < -0.39 is 0 Å².